The van der Waals surface area contributed by atoms with Crippen LogP contribution in [-0.2, 0) is 9.53 Å². The molecule has 0 bridgehead atoms. The molecular formula is C7H12NO2. The van der Waals surface area contributed by atoms with Crippen LogP contribution < -0.4 is 5.32 Å². The van der Waals surface area contributed by atoms with E-state index in [1.54, 1.807) is 0 Å². The molecule has 0 amide bonds. The molecule has 0 aromatic rings. The predicted octanol–water partition coefficient (Wildman–Crippen LogP) is 0.463. The third-order valence-electron chi connectivity index (χ3n) is 1.40. The number of esters is 1. The lowest BCUT2D eigenvalue weighted by Crippen LogP contribution is -2.37. The highest BCUT2D eigenvalue weighted by molar-refractivity contribution is 5.66. The number of piperidine rings is 1. The van der Waals surface area contributed by atoms with Crippen molar-refractivity contribution in [2.75, 3.05) is 6.54 Å². The van der Waals surface area contributed by atoms with Gasteiger partial charge in [-0.3, -0.25) is 10.1 Å². The van der Waals surface area contributed by atoms with Crippen molar-refractivity contribution in [1.82, 2.24) is 5.32 Å². The van der Waals surface area contributed by atoms with Crippen LogP contribution in [0.1, 0.15) is 19.8 Å². The fraction of sp³-hybridized carbons (Fsp3) is 0.714. The number of ether oxygens (including phenoxy) is 1. The summed E-state index contributed by atoms with van der Waals surface area (Å²) in [6.45, 7) is 2.36. The summed E-state index contributed by atoms with van der Waals surface area (Å²) in [6.07, 6.45) is 4.00. The van der Waals surface area contributed by atoms with E-state index in [-0.39, 0.29) is 12.2 Å². The normalized spacial score (nSPS) is 25.9. The van der Waals surface area contributed by atoms with E-state index in [9.17, 15) is 4.79 Å². The van der Waals surface area contributed by atoms with E-state index in [4.69, 9.17) is 4.74 Å². The standard InChI is InChI=1S/C7H12NO2/c1-6(9)10-7-4-2-3-5-8-7/h4,7-8H,2-3,5H2,1H3. The fourth-order valence-corrected chi connectivity index (χ4v) is 0.968. The third kappa shape index (κ3) is 2.35. The minimum Gasteiger partial charge on any atom is -0.446 e. The molecule has 10 heavy (non-hydrogen) atoms. The van der Waals surface area contributed by atoms with Crippen LogP contribution in [0.15, 0.2) is 0 Å². The van der Waals surface area contributed by atoms with Crippen molar-refractivity contribution >= 4 is 5.97 Å². The average molecular weight is 142 g/mol. The van der Waals surface area contributed by atoms with E-state index in [2.05, 4.69) is 5.32 Å². The zero-order chi connectivity index (χ0) is 7.40. The average Bonchev–Trinajstić information content (AvgIpc) is 1.88. The van der Waals surface area contributed by atoms with Crippen LogP contribution in [0.3, 0.4) is 0 Å². The molecule has 1 aliphatic heterocycles. The monoisotopic (exact) mass is 142 g/mol. The smallest absolute Gasteiger partial charge is 0.304 e. The Kier molecular flexibility index (Phi) is 2.68. The topological polar surface area (TPSA) is 38.3 Å². The van der Waals surface area contributed by atoms with Gasteiger partial charge in [-0.1, -0.05) is 0 Å². The van der Waals surface area contributed by atoms with Crippen molar-refractivity contribution in [3.8, 4) is 0 Å². The fourth-order valence-electron chi connectivity index (χ4n) is 0.968. The number of rotatable bonds is 1. The lowest BCUT2D eigenvalue weighted by atomic mass is 10.1. The maximum atomic E-state index is 10.4. The van der Waals surface area contributed by atoms with Gasteiger partial charge < -0.3 is 4.74 Å². The van der Waals surface area contributed by atoms with Gasteiger partial charge in [0.05, 0.1) is 0 Å². The number of nitrogens with one attached hydrogen (secondary N) is 1. The summed E-state index contributed by atoms with van der Waals surface area (Å²) in [5, 5.41) is 3.05. The maximum Gasteiger partial charge on any atom is 0.304 e. The first-order valence-corrected chi connectivity index (χ1v) is 3.53. The van der Waals surface area contributed by atoms with Gasteiger partial charge in [0.25, 0.3) is 0 Å². The SMILES string of the molecule is CC(=O)OC1[CH]CCCN1. The minimum atomic E-state index is -0.226. The van der Waals surface area contributed by atoms with Gasteiger partial charge >= 0.3 is 5.97 Å². The van der Waals surface area contributed by atoms with Crippen LogP contribution in [0.25, 0.3) is 0 Å². The van der Waals surface area contributed by atoms with Gasteiger partial charge in [-0.25, -0.2) is 0 Å². The first-order valence-electron chi connectivity index (χ1n) is 3.53. The molecule has 3 nitrogen and oxygen atoms in total. The summed E-state index contributed by atoms with van der Waals surface area (Å²) < 4.78 is 4.89. The summed E-state index contributed by atoms with van der Waals surface area (Å²) in [4.78, 5) is 10.4. The van der Waals surface area contributed by atoms with Crippen LogP contribution in [0.4, 0.5) is 0 Å². The molecule has 1 fully saturated rings. The van der Waals surface area contributed by atoms with Crippen LogP contribution in [0, 0.1) is 6.42 Å². The van der Waals surface area contributed by atoms with Crippen molar-refractivity contribution in [2.24, 2.45) is 0 Å². The van der Waals surface area contributed by atoms with Gasteiger partial charge in [0.1, 0.15) is 0 Å². The summed E-state index contributed by atoms with van der Waals surface area (Å²) in [6, 6.07) is 0. The largest absolute Gasteiger partial charge is 0.446 e. The molecule has 0 aromatic heterocycles. The first-order chi connectivity index (χ1) is 4.79. The first kappa shape index (κ1) is 7.54. The Hall–Kier alpha value is -0.570. The molecule has 0 saturated carbocycles. The second-order valence-corrected chi connectivity index (χ2v) is 2.36. The Bertz CT molecular complexity index is 119. The van der Waals surface area contributed by atoms with Gasteiger partial charge in [0, 0.05) is 13.3 Å². The van der Waals surface area contributed by atoms with Crippen molar-refractivity contribution in [2.45, 2.75) is 26.0 Å². The second-order valence-electron chi connectivity index (χ2n) is 2.36. The third-order valence-corrected chi connectivity index (χ3v) is 1.40. The van der Waals surface area contributed by atoms with Gasteiger partial charge in [0.2, 0.25) is 0 Å². The van der Waals surface area contributed by atoms with Crippen molar-refractivity contribution in [3.05, 3.63) is 6.42 Å². The second kappa shape index (κ2) is 3.56. The number of hydrogen-bond acceptors (Lipinski definition) is 3. The minimum absolute atomic E-state index is 0.147. The van der Waals surface area contributed by atoms with E-state index in [1.807, 2.05) is 6.42 Å². The van der Waals surface area contributed by atoms with Gasteiger partial charge in [-0.2, -0.15) is 0 Å². The molecule has 1 unspecified atom stereocenters. The molecule has 1 saturated heterocycles. The molecule has 0 spiro atoms. The molecule has 0 aromatic carbocycles. The quantitative estimate of drug-likeness (QED) is 0.541. The van der Waals surface area contributed by atoms with Crippen molar-refractivity contribution < 1.29 is 9.53 Å². The van der Waals surface area contributed by atoms with Gasteiger partial charge in [-0.15, -0.1) is 0 Å². The highest BCUT2D eigenvalue weighted by Gasteiger charge is 2.14. The summed E-state index contributed by atoms with van der Waals surface area (Å²) in [7, 11) is 0. The molecule has 1 rings (SSSR count). The Morgan fingerprint density at radius 2 is 2.60 bits per heavy atom. The predicted molar refractivity (Wildman–Crippen MR) is 37.1 cm³/mol. The Labute approximate surface area is 60.7 Å². The molecule has 1 heterocycles. The van der Waals surface area contributed by atoms with Crippen molar-refractivity contribution in [3.63, 3.8) is 0 Å². The number of hydrogen-bond donors (Lipinski definition) is 1. The van der Waals surface area contributed by atoms with E-state index in [1.165, 1.54) is 6.92 Å². The van der Waals surface area contributed by atoms with Gasteiger partial charge in [-0.05, 0) is 19.4 Å². The maximum absolute atomic E-state index is 10.4. The molecule has 1 radical (unpaired) electrons. The Morgan fingerprint density at radius 1 is 1.80 bits per heavy atom. The Balaban J connectivity index is 2.19. The molecule has 1 N–H and O–H groups in total. The van der Waals surface area contributed by atoms with E-state index in [0.29, 0.717) is 0 Å². The Morgan fingerprint density at radius 3 is 3.10 bits per heavy atom. The molecule has 1 aliphatic rings. The van der Waals surface area contributed by atoms with E-state index in [0.717, 1.165) is 19.4 Å². The van der Waals surface area contributed by atoms with Crippen LogP contribution in [0.2, 0.25) is 0 Å². The number of carbonyl (C=O) groups excluding carboxylic acids is 1. The molecular weight excluding hydrogens is 130 g/mol. The molecule has 1 atom stereocenters. The zero-order valence-corrected chi connectivity index (χ0v) is 6.09. The highest BCUT2D eigenvalue weighted by atomic mass is 16.6. The van der Waals surface area contributed by atoms with Crippen molar-refractivity contribution in [1.29, 1.82) is 0 Å². The van der Waals surface area contributed by atoms with Crippen LogP contribution in [-0.4, -0.2) is 18.7 Å². The van der Waals surface area contributed by atoms with Crippen LogP contribution in [0.5, 0.6) is 0 Å². The summed E-state index contributed by atoms with van der Waals surface area (Å²) in [5.74, 6) is -0.226. The van der Waals surface area contributed by atoms with E-state index >= 15 is 0 Å². The summed E-state index contributed by atoms with van der Waals surface area (Å²) >= 11 is 0. The zero-order valence-electron chi connectivity index (χ0n) is 6.09. The molecule has 0 aliphatic carbocycles. The molecule has 57 valence electrons. The van der Waals surface area contributed by atoms with Crippen LogP contribution >= 0.6 is 0 Å². The van der Waals surface area contributed by atoms with E-state index < -0.39 is 0 Å². The van der Waals surface area contributed by atoms with Gasteiger partial charge in [0.15, 0.2) is 6.23 Å². The molecule has 3 heteroatoms. The lowest BCUT2D eigenvalue weighted by Gasteiger charge is -2.22. The highest BCUT2D eigenvalue weighted by Crippen LogP contribution is 2.06. The summed E-state index contributed by atoms with van der Waals surface area (Å²) in [5.41, 5.74) is 0. The number of carbonyl (C=O) groups is 1. The lowest BCUT2D eigenvalue weighted by molar-refractivity contribution is -0.146.